The minimum absolute atomic E-state index is 0.00613. The number of aryl methyl sites for hydroxylation is 1. The number of carbonyl (C=O) groups is 2. The first-order chi connectivity index (χ1) is 11.6. The number of piperazine rings is 1. The molecule has 2 amide bonds. The Kier molecular flexibility index (Phi) is 4.86. The van der Waals surface area contributed by atoms with Gasteiger partial charge in [-0.15, -0.1) is 0 Å². The number of benzene rings is 1. The molecule has 0 unspecified atom stereocenters. The van der Waals surface area contributed by atoms with E-state index < -0.39 is 0 Å². The van der Waals surface area contributed by atoms with Crippen molar-refractivity contribution in [2.24, 2.45) is 0 Å². The summed E-state index contributed by atoms with van der Waals surface area (Å²) in [5.74, 6) is -0.244. The van der Waals surface area contributed by atoms with E-state index in [-0.39, 0.29) is 11.8 Å². The van der Waals surface area contributed by atoms with Gasteiger partial charge in [-0.2, -0.15) is 0 Å². The average Bonchev–Trinajstić information content (AvgIpc) is 2.64. The second-order valence-corrected chi connectivity index (χ2v) is 5.77. The van der Waals surface area contributed by atoms with Crippen LogP contribution in [0.5, 0.6) is 0 Å². The normalized spacial score (nSPS) is 14.3. The summed E-state index contributed by atoms with van der Waals surface area (Å²) in [6.07, 6.45) is 3.13. The molecule has 24 heavy (non-hydrogen) atoms. The van der Waals surface area contributed by atoms with Crippen molar-refractivity contribution < 1.29 is 9.59 Å². The van der Waals surface area contributed by atoms with Crippen molar-refractivity contribution >= 4 is 17.5 Å². The molecule has 1 fully saturated rings. The van der Waals surface area contributed by atoms with Crippen LogP contribution in [-0.4, -0.2) is 47.9 Å². The lowest BCUT2D eigenvalue weighted by Gasteiger charge is -2.27. The van der Waals surface area contributed by atoms with Gasteiger partial charge in [-0.05, 0) is 36.8 Å². The van der Waals surface area contributed by atoms with Crippen molar-refractivity contribution in [3.63, 3.8) is 0 Å². The van der Waals surface area contributed by atoms with E-state index in [9.17, 15) is 9.59 Å². The fourth-order valence-electron chi connectivity index (χ4n) is 2.63. The molecular formula is C18H20N4O2. The quantitative estimate of drug-likeness (QED) is 0.901. The molecule has 6 nitrogen and oxygen atoms in total. The van der Waals surface area contributed by atoms with Gasteiger partial charge in [-0.3, -0.25) is 14.6 Å². The number of amides is 2. The van der Waals surface area contributed by atoms with Gasteiger partial charge in [0.25, 0.3) is 11.8 Å². The van der Waals surface area contributed by atoms with Crippen molar-refractivity contribution in [1.29, 1.82) is 0 Å². The van der Waals surface area contributed by atoms with E-state index >= 15 is 0 Å². The molecule has 2 heterocycles. The van der Waals surface area contributed by atoms with Gasteiger partial charge in [-0.1, -0.05) is 6.07 Å². The number of anilines is 1. The third-order valence-electron chi connectivity index (χ3n) is 4.06. The smallest absolute Gasteiger partial charge is 0.257 e. The van der Waals surface area contributed by atoms with Gasteiger partial charge < -0.3 is 15.5 Å². The van der Waals surface area contributed by atoms with Crippen LogP contribution in [0.15, 0.2) is 42.7 Å². The summed E-state index contributed by atoms with van der Waals surface area (Å²) < 4.78 is 0. The van der Waals surface area contributed by atoms with Crippen molar-refractivity contribution in [3.05, 3.63) is 59.4 Å². The van der Waals surface area contributed by atoms with Crippen LogP contribution >= 0.6 is 0 Å². The Labute approximate surface area is 140 Å². The topological polar surface area (TPSA) is 74.3 Å². The van der Waals surface area contributed by atoms with E-state index in [1.54, 1.807) is 30.5 Å². The predicted molar refractivity (Wildman–Crippen MR) is 92.1 cm³/mol. The van der Waals surface area contributed by atoms with Crippen molar-refractivity contribution in [3.8, 4) is 0 Å². The third-order valence-corrected chi connectivity index (χ3v) is 4.06. The zero-order chi connectivity index (χ0) is 16.9. The Morgan fingerprint density at radius 2 is 1.96 bits per heavy atom. The van der Waals surface area contributed by atoms with Crippen molar-refractivity contribution in [2.45, 2.75) is 6.92 Å². The van der Waals surface area contributed by atoms with Crippen LogP contribution in [0, 0.1) is 6.92 Å². The fraction of sp³-hybridized carbons (Fsp3) is 0.278. The van der Waals surface area contributed by atoms with Crippen LogP contribution in [0.2, 0.25) is 0 Å². The minimum atomic E-state index is -0.238. The maximum Gasteiger partial charge on any atom is 0.257 e. The van der Waals surface area contributed by atoms with Crippen molar-refractivity contribution in [2.75, 3.05) is 31.5 Å². The number of aromatic nitrogens is 1. The molecule has 3 rings (SSSR count). The highest BCUT2D eigenvalue weighted by Crippen LogP contribution is 2.19. The lowest BCUT2D eigenvalue weighted by atomic mass is 10.1. The molecule has 2 aromatic rings. The first-order valence-corrected chi connectivity index (χ1v) is 7.97. The molecule has 1 aromatic carbocycles. The second-order valence-electron chi connectivity index (χ2n) is 5.77. The van der Waals surface area contributed by atoms with E-state index in [2.05, 4.69) is 15.6 Å². The SMILES string of the molecule is Cc1ccc(C(=O)N2CCNCC2)cc1NC(=O)c1cccnc1. The standard InChI is InChI=1S/C18H20N4O2/c1-13-4-5-14(18(24)22-9-7-19-8-10-22)11-16(13)21-17(23)15-3-2-6-20-12-15/h2-6,11-12,19H,7-10H2,1H3,(H,21,23). The number of nitrogens with zero attached hydrogens (tertiary/aromatic N) is 2. The molecule has 1 aliphatic rings. The number of hydrogen-bond donors (Lipinski definition) is 2. The highest BCUT2D eigenvalue weighted by Gasteiger charge is 2.19. The summed E-state index contributed by atoms with van der Waals surface area (Å²) >= 11 is 0. The Balaban J connectivity index is 1.78. The minimum Gasteiger partial charge on any atom is -0.336 e. The summed E-state index contributed by atoms with van der Waals surface area (Å²) in [5.41, 5.74) is 2.62. The van der Waals surface area contributed by atoms with Gasteiger partial charge >= 0.3 is 0 Å². The van der Waals surface area contributed by atoms with Crippen molar-refractivity contribution in [1.82, 2.24) is 15.2 Å². The van der Waals surface area contributed by atoms with Gasteiger partial charge in [0.15, 0.2) is 0 Å². The van der Waals surface area contributed by atoms with Crippen LogP contribution in [0.3, 0.4) is 0 Å². The molecule has 0 spiro atoms. The second kappa shape index (κ2) is 7.23. The molecule has 0 radical (unpaired) electrons. The number of pyridine rings is 1. The lowest BCUT2D eigenvalue weighted by Crippen LogP contribution is -2.46. The van der Waals surface area contributed by atoms with E-state index in [0.717, 1.165) is 18.7 Å². The largest absolute Gasteiger partial charge is 0.336 e. The summed E-state index contributed by atoms with van der Waals surface area (Å²) in [7, 11) is 0. The zero-order valence-corrected chi connectivity index (χ0v) is 13.6. The fourth-order valence-corrected chi connectivity index (χ4v) is 2.63. The number of carbonyl (C=O) groups excluding carboxylic acids is 2. The van der Waals surface area contributed by atoms with Gasteiger partial charge in [0.05, 0.1) is 5.56 Å². The average molecular weight is 324 g/mol. The maximum absolute atomic E-state index is 12.6. The molecule has 0 saturated carbocycles. The van der Waals surface area contributed by atoms with E-state index in [4.69, 9.17) is 0 Å². The molecule has 0 atom stereocenters. The zero-order valence-electron chi connectivity index (χ0n) is 13.6. The van der Waals surface area contributed by atoms with Gasteiger partial charge in [0, 0.05) is 49.8 Å². The molecule has 0 aliphatic carbocycles. The molecule has 2 N–H and O–H groups in total. The van der Waals surface area contributed by atoms with Crippen LogP contribution < -0.4 is 10.6 Å². The van der Waals surface area contributed by atoms with Gasteiger partial charge in [0.2, 0.25) is 0 Å². The molecule has 0 bridgehead atoms. The number of rotatable bonds is 3. The maximum atomic E-state index is 12.6. The Hall–Kier alpha value is -2.73. The summed E-state index contributed by atoms with van der Waals surface area (Å²) in [5, 5.41) is 6.09. The van der Waals surface area contributed by atoms with Crippen LogP contribution in [-0.2, 0) is 0 Å². The van der Waals surface area contributed by atoms with Crippen LogP contribution in [0.25, 0.3) is 0 Å². The molecule has 124 valence electrons. The predicted octanol–water partition coefficient (Wildman–Crippen LogP) is 1.69. The monoisotopic (exact) mass is 324 g/mol. The Bertz CT molecular complexity index is 740. The van der Waals surface area contributed by atoms with Crippen LogP contribution in [0.1, 0.15) is 26.3 Å². The summed E-state index contributed by atoms with van der Waals surface area (Å²) in [4.78, 5) is 30.7. The first-order valence-electron chi connectivity index (χ1n) is 7.97. The van der Waals surface area contributed by atoms with Gasteiger partial charge in [0.1, 0.15) is 0 Å². The summed E-state index contributed by atoms with van der Waals surface area (Å²) in [6, 6.07) is 8.82. The number of hydrogen-bond acceptors (Lipinski definition) is 4. The lowest BCUT2D eigenvalue weighted by molar-refractivity contribution is 0.0735. The van der Waals surface area contributed by atoms with E-state index in [1.807, 2.05) is 17.9 Å². The highest BCUT2D eigenvalue weighted by molar-refractivity contribution is 6.05. The molecule has 1 aromatic heterocycles. The summed E-state index contributed by atoms with van der Waals surface area (Å²) in [6.45, 7) is 4.91. The molecule has 1 saturated heterocycles. The molecular weight excluding hydrogens is 304 g/mol. The van der Waals surface area contributed by atoms with E-state index in [1.165, 1.54) is 6.20 Å². The molecule has 6 heteroatoms. The third kappa shape index (κ3) is 3.60. The first kappa shape index (κ1) is 16.1. The van der Waals surface area contributed by atoms with E-state index in [0.29, 0.717) is 29.9 Å². The molecule has 1 aliphatic heterocycles. The Morgan fingerprint density at radius 1 is 1.17 bits per heavy atom. The highest BCUT2D eigenvalue weighted by atomic mass is 16.2. The van der Waals surface area contributed by atoms with Gasteiger partial charge in [-0.25, -0.2) is 0 Å². The Morgan fingerprint density at radius 3 is 2.67 bits per heavy atom. The number of nitrogens with one attached hydrogen (secondary N) is 2. The van der Waals surface area contributed by atoms with Crippen LogP contribution in [0.4, 0.5) is 5.69 Å².